The SMILES string of the molecule is CC(=O)O[C@H]1CC[C@]2(COC=O)[C@H]3CC[C@]4(C)[C@@H]([C@H](C)OC(C)=O)CC[C@H]4[C@@H]3CO[C@@]2(O)C1. The summed E-state index contributed by atoms with van der Waals surface area (Å²) in [7, 11) is 0. The van der Waals surface area contributed by atoms with Crippen molar-refractivity contribution >= 4 is 18.4 Å². The van der Waals surface area contributed by atoms with Gasteiger partial charge in [0, 0.05) is 26.2 Å². The first-order valence-corrected chi connectivity index (χ1v) is 12.3. The van der Waals surface area contributed by atoms with Crippen LogP contribution in [0.4, 0.5) is 0 Å². The smallest absolute Gasteiger partial charge is 0.302 e. The fourth-order valence-corrected chi connectivity index (χ4v) is 8.31. The molecule has 0 bridgehead atoms. The van der Waals surface area contributed by atoms with Crippen molar-refractivity contribution in [2.24, 2.45) is 34.5 Å². The average molecular weight is 467 g/mol. The topological polar surface area (TPSA) is 108 Å². The largest absolute Gasteiger partial charge is 0.467 e. The quantitative estimate of drug-likeness (QED) is 0.362. The van der Waals surface area contributed by atoms with Crippen molar-refractivity contribution in [3.05, 3.63) is 0 Å². The van der Waals surface area contributed by atoms with E-state index in [-0.39, 0.29) is 54.2 Å². The van der Waals surface area contributed by atoms with E-state index in [1.54, 1.807) is 0 Å². The van der Waals surface area contributed by atoms with Crippen molar-refractivity contribution in [3.8, 4) is 0 Å². The molecule has 4 aliphatic rings. The molecule has 1 N–H and O–H groups in total. The summed E-state index contributed by atoms with van der Waals surface area (Å²) in [6.07, 6.45) is 4.66. The highest BCUT2D eigenvalue weighted by atomic mass is 16.6. The summed E-state index contributed by atoms with van der Waals surface area (Å²) >= 11 is 0. The van der Waals surface area contributed by atoms with Gasteiger partial charge < -0.3 is 24.1 Å². The van der Waals surface area contributed by atoms with Crippen molar-refractivity contribution < 1.29 is 38.4 Å². The predicted octanol–water partition coefficient (Wildman–Crippen LogP) is 2.99. The van der Waals surface area contributed by atoms with Crippen LogP contribution in [0.3, 0.4) is 0 Å². The molecule has 0 aromatic rings. The fraction of sp³-hybridized carbons (Fsp3) is 0.880. The van der Waals surface area contributed by atoms with Crippen molar-refractivity contribution in [3.63, 3.8) is 0 Å². The number of carbonyl (C=O) groups is 3. The molecule has 9 atom stereocenters. The second-order valence-electron chi connectivity index (χ2n) is 11.1. The molecule has 4 rings (SSSR count). The van der Waals surface area contributed by atoms with Gasteiger partial charge in [-0.15, -0.1) is 0 Å². The van der Waals surface area contributed by atoms with Gasteiger partial charge in [0.25, 0.3) is 6.47 Å². The van der Waals surface area contributed by atoms with Crippen LogP contribution >= 0.6 is 0 Å². The van der Waals surface area contributed by atoms with E-state index in [1.165, 1.54) is 13.8 Å². The van der Waals surface area contributed by atoms with Crippen LogP contribution in [0.15, 0.2) is 0 Å². The van der Waals surface area contributed by atoms with E-state index in [0.717, 1.165) is 25.7 Å². The molecule has 0 aromatic heterocycles. The maximum atomic E-state index is 11.8. The molecular formula is C25H38O8. The zero-order valence-electron chi connectivity index (χ0n) is 20.2. The normalized spacial score (nSPS) is 45.1. The van der Waals surface area contributed by atoms with Gasteiger partial charge in [0.05, 0.1) is 12.0 Å². The van der Waals surface area contributed by atoms with Gasteiger partial charge in [-0.2, -0.15) is 0 Å². The molecule has 1 aliphatic heterocycles. The van der Waals surface area contributed by atoms with Gasteiger partial charge in [0.15, 0.2) is 5.79 Å². The summed E-state index contributed by atoms with van der Waals surface area (Å²) in [5.41, 5.74) is -0.703. The number of ether oxygens (including phenoxy) is 4. The number of esters is 2. The molecule has 0 spiro atoms. The van der Waals surface area contributed by atoms with Crippen molar-refractivity contribution in [2.45, 2.75) is 90.6 Å². The second kappa shape index (κ2) is 8.84. The molecular weight excluding hydrogens is 428 g/mol. The second-order valence-corrected chi connectivity index (χ2v) is 11.1. The molecule has 0 radical (unpaired) electrons. The van der Waals surface area contributed by atoms with Crippen LogP contribution in [0.2, 0.25) is 0 Å². The lowest BCUT2D eigenvalue weighted by Crippen LogP contribution is -2.68. The lowest BCUT2D eigenvalue weighted by atomic mass is 9.48. The highest BCUT2D eigenvalue weighted by Crippen LogP contribution is 2.67. The van der Waals surface area contributed by atoms with Crippen molar-refractivity contribution in [2.75, 3.05) is 13.2 Å². The first kappa shape index (κ1) is 24.5. The lowest BCUT2D eigenvalue weighted by molar-refractivity contribution is -0.368. The summed E-state index contributed by atoms with van der Waals surface area (Å²) in [4.78, 5) is 34.3. The van der Waals surface area contributed by atoms with Gasteiger partial charge in [0.2, 0.25) is 0 Å². The van der Waals surface area contributed by atoms with Crippen LogP contribution in [0.5, 0.6) is 0 Å². The molecule has 0 unspecified atom stereocenters. The number of hydrogen-bond donors (Lipinski definition) is 1. The molecule has 0 aromatic carbocycles. The summed E-state index contributed by atoms with van der Waals surface area (Å²) in [5.74, 6) is -1.11. The van der Waals surface area contributed by atoms with Crippen LogP contribution in [0.25, 0.3) is 0 Å². The molecule has 8 nitrogen and oxygen atoms in total. The van der Waals surface area contributed by atoms with Gasteiger partial charge in [-0.3, -0.25) is 14.4 Å². The molecule has 4 fully saturated rings. The summed E-state index contributed by atoms with van der Waals surface area (Å²) in [6.45, 7) is 8.10. The number of aliphatic hydroxyl groups is 1. The molecule has 186 valence electrons. The van der Waals surface area contributed by atoms with Gasteiger partial charge >= 0.3 is 11.9 Å². The van der Waals surface area contributed by atoms with Gasteiger partial charge in [-0.25, -0.2) is 0 Å². The molecule has 3 saturated carbocycles. The third-order valence-electron chi connectivity index (χ3n) is 9.59. The lowest BCUT2D eigenvalue weighted by Gasteiger charge is -2.63. The van der Waals surface area contributed by atoms with Crippen molar-refractivity contribution in [1.82, 2.24) is 0 Å². The fourth-order valence-electron chi connectivity index (χ4n) is 8.31. The van der Waals surface area contributed by atoms with E-state index in [0.29, 0.717) is 31.8 Å². The third-order valence-corrected chi connectivity index (χ3v) is 9.59. The maximum absolute atomic E-state index is 11.8. The van der Waals surface area contributed by atoms with Crippen LogP contribution < -0.4 is 0 Å². The Morgan fingerprint density at radius 1 is 1.12 bits per heavy atom. The summed E-state index contributed by atoms with van der Waals surface area (Å²) < 4.78 is 22.6. The highest BCUT2D eigenvalue weighted by molar-refractivity contribution is 5.66. The van der Waals surface area contributed by atoms with E-state index < -0.39 is 17.3 Å². The van der Waals surface area contributed by atoms with Gasteiger partial charge in [0.1, 0.15) is 18.8 Å². The monoisotopic (exact) mass is 466 g/mol. The standard InChI is InChI=1S/C25H38O8/c1-15(32-16(2)27)20-5-6-21-19-12-31-25(29)11-18(33-17(3)28)7-10-24(25,13-30-14-26)22(19)8-9-23(20,21)4/h14-15,18-22,29H,5-13H2,1-4H3/t15-,18-,19-,20+,21-,22-,23+,24-,25-/m0/s1. The number of fused-ring (bicyclic) bond motifs is 5. The Labute approximate surface area is 195 Å². The Morgan fingerprint density at radius 2 is 1.88 bits per heavy atom. The van der Waals surface area contributed by atoms with Crippen molar-refractivity contribution in [1.29, 1.82) is 0 Å². The highest BCUT2D eigenvalue weighted by Gasteiger charge is 2.68. The average Bonchev–Trinajstić information content (AvgIpc) is 3.08. The maximum Gasteiger partial charge on any atom is 0.302 e. The zero-order chi connectivity index (χ0) is 24.0. The third kappa shape index (κ3) is 3.97. The zero-order valence-corrected chi connectivity index (χ0v) is 20.2. The Kier molecular flexibility index (Phi) is 6.55. The molecule has 0 amide bonds. The molecule has 3 aliphatic carbocycles. The first-order chi connectivity index (χ1) is 15.6. The van der Waals surface area contributed by atoms with Crippen LogP contribution in [0.1, 0.15) is 72.6 Å². The Hall–Kier alpha value is -1.67. The molecule has 8 heteroatoms. The van der Waals surface area contributed by atoms with Crippen LogP contribution in [-0.4, -0.2) is 54.7 Å². The van der Waals surface area contributed by atoms with E-state index >= 15 is 0 Å². The summed E-state index contributed by atoms with van der Waals surface area (Å²) in [5, 5.41) is 11.8. The molecule has 33 heavy (non-hydrogen) atoms. The first-order valence-electron chi connectivity index (χ1n) is 12.3. The molecule has 1 saturated heterocycles. The van der Waals surface area contributed by atoms with E-state index in [4.69, 9.17) is 18.9 Å². The van der Waals surface area contributed by atoms with E-state index in [2.05, 4.69) is 6.92 Å². The Balaban J connectivity index is 1.61. The minimum absolute atomic E-state index is 0.0243. The van der Waals surface area contributed by atoms with E-state index in [1.807, 2.05) is 6.92 Å². The minimum Gasteiger partial charge on any atom is -0.467 e. The van der Waals surface area contributed by atoms with Crippen LogP contribution in [-0.2, 0) is 33.3 Å². The van der Waals surface area contributed by atoms with Crippen LogP contribution in [0, 0.1) is 34.5 Å². The number of hydrogen-bond acceptors (Lipinski definition) is 8. The predicted molar refractivity (Wildman–Crippen MR) is 117 cm³/mol. The summed E-state index contributed by atoms with van der Waals surface area (Å²) in [6, 6.07) is 0. The Morgan fingerprint density at radius 3 is 2.55 bits per heavy atom. The van der Waals surface area contributed by atoms with Gasteiger partial charge in [-0.05, 0) is 68.6 Å². The molecule has 1 heterocycles. The van der Waals surface area contributed by atoms with E-state index in [9.17, 15) is 19.5 Å². The minimum atomic E-state index is -1.51. The number of rotatable bonds is 6. The van der Waals surface area contributed by atoms with Gasteiger partial charge in [-0.1, -0.05) is 6.92 Å². The Bertz CT molecular complexity index is 784. The number of carbonyl (C=O) groups excluding carboxylic acids is 3.